The number of hydrogen-bond donors (Lipinski definition) is 1. The molecule has 1 rings (SSSR count). The van der Waals surface area contributed by atoms with Crippen LogP contribution in [0.25, 0.3) is 0 Å². The topological polar surface area (TPSA) is 94.5 Å². The van der Waals surface area contributed by atoms with Gasteiger partial charge in [-0.15, -0.1) is 0 Å². The van der Waals surface area contributed by atoms with Crippen LogP contribution in [0.5, 0.6) is 0 Å². The third-order valence-corrected chi connectivity index (χ3v) is 1.93. The molecule has 0 saturated carbocycles. The summed E-state index contributed by atoms with van der Waals surface area (Å²) in [4.78, 5) is 23.4. The molecule has 0 aliphatic carbocycles. The van der Waals surface area contributed by atoms with Gasteiger partial charge in [0.25, 0.3) is 5.91 Å². The zero-order valence-electron chi connectivity index (χ0n) is 8.64. The van der Waals surface area contributed by atoms with Crippen molar-refractivity contribution in [3.05, 3.63) is 23.7 Å². The minimum absolute atomic E-state index is 0.0437. The second-order valence-electron chi connectivity index (χ2n) is 3.10. The highest BCUT2D eigenvalue weighted by molar-refractivity contribution is 5.93. The lowest BCUT2D eigenvalue weighted by Crippen LogP contribution is -2.27. The summed E-state index contributed by atoms with van der Waals surface area (Å²) < 4.78 is 4.83. The van der Waals surface area contributed by atoms with Gasteiger partial charge in [-0.3, -0.25) is 4.79 Å². The molecule has 1 amide bonds. The number of carbonyl (C=O) groups is 2. The maximum Gasteiger partial charge on any atom is 0.371 e. The summed E-state index contributed by atoms with van der Waals surface area (Å²) in [7, 11) is 1.52. The molecule has 0 fully saturated rings. The first-order valence-electron chi connectivity index (χ1n) is 4.51. The summed E-state index contributed by atoms with van der Waals surface area (Å²) in [6.45, 7) is 0.276. The van der Waals surface area contributed by atoms with Crippen LogP contribution in [-0.2, 0) is 0 Å². The predicted molar refractivity (Wildman–Crippen MR) is 52.9 cm³/mol. The van der Waals surface area contributed by atoms with Gasteiger partial charge in [0.1, 0.15) is 0 Å². The standard InChI is InChI=1S/C10H10N2O4/c1-12(6-2-5-11)9(13)7-3-4-8(16-7)10(14)15/h3-4H,2,6H2,1H3,(H,14,15). The van der Waals surface area contributed by atoms with E-state index in [4.69, 9.17) is 14.8 Å². The molecule has 6 heteroatoms. The van der Waals surface area contributed by atoms with E-state index in [1.54, 1.807) is 0 Å². The Labute approximate surface area is 91.7 Å². The number of carboxylic acids is 1. The molecule has 0 spiro atoms. The van der Waals surface area contributed by atoms with Crippen molar-refractivity contribution >= 4 is 11.9 Å². The SMILES string of the molecule is CN(CCC#N)C(=O)c1ccc(C(=O)O)o1. The summed E-state index contributed by atoms with van der Waals surface area (Å²) >= 11 is 0. The van der Waals surface area contributed by atoms with Crippen molar-refractivity contribution in [2.75, 3.05) is 13.6 Å². The van der Waals surface area contributed by atoms with Gasteiger partial charge >= 0.3 is 5.97 Å². The Hall–Kier alpha value is -2.29. The molecule has 84 valence electrons. The highest BCUT2D eigenvalue weighted by atomic mass is 16.4. The quantitative estimate of drug-likeness (QED) is 0.818. The van der Waals surface area contributed by atoms with Crippen LogP contribution in [0.4, 0.5) is 0 Å². The molecular formula is C10H10N2O4. The Balaban J connectivity index is 2.73. The molecule has 0 bridgehead atoms. The molecular weight excluding hydrogens is 212 g/mol. The van der Waals surface area contributed by atoms with Crippen LogP contribution in [-0.4, -0.2) is 35.5 Å². The van der Waals surface area contributed by atoms with Gasteiger partial charge < -0.3 is 14.4 Å². The van der Waals surface area contributed by atoms with Gasteiger partial charge in [0.2, 0.25) is 5.76 Å². The Bertz CT molecular complexity index is 444. The fraction of sp³-hybridized carbons (Fsp3) is 0.300. The van der Waals surface area contributed by atoms with Gasteiger partial charge in [-0.2, -0.15) is 5.26 Å². The van der Waals surface area contributed by atoms with Crippen LogP contribution in [0, 0.1) is 11.3 Å². The second-order valence-corrected chi connectivity index (χ2v) is 3.10. The van der Waals surface area contributed by atoms with Crippen molar-refractivity contribution in [2.45, 2.75) is 6.42 Å². The highest BCUT2D eigenvalue weighted by Crippen LogP contribution is 2.10. The number of furan rings is 1. The number of aromatic carboxylic acids is 1. The molecule has 1 aromatic rings. The molecule has 16 heavy (non-hydrogen) atoms. The summed E-state index contributed by atoms with van der Waals surface area (Å²) in [6.07, 6.45) is 0.217. The van der Waals surface area contributed by atoms with Crippen LogP contribution >= 0.6 is 0 Å². The van der Waals surface area contributed by atoms with Crippen LogP contribution in [0.1, 0.15) is 27.5 Å². The van der Waals surface area contributed by atoms with Crippen molar-refractivity contribution in [2.24, 2.45) is 0 Å². The molecule has 1 heterocycles. The largest absolute Gasteiger partial charge is 0.475 e. The molecule has 1 aromatic heterocycles. The summed E-state index contributed by atoms with van der Waals surface area (Å²) in [5.41, 5.74) is 0. The van der Waals surface area contributed by atoms with E-state index >= 15 is 0 Å². The third kappa shape index (κ3) is 2.60. The van der Waals surface area contributed by atoms with Crippen LogP contribution < -0.4 is 0 Å². The Morgan fingerprint density at radius 1 is 1.50 bits per heavy atom. The summed E-state index contributed by atoms with van der Waals surface area (Å²) in [6, 6.07) is 4.43. The van der Waals surface area contributed by atoms with Crippen LogP contribution in [0.15, 0.2) is 16.5 Å². The van der Waals surface area contributed by atoms with Gasteiger partial charge in [0.05, 0.1) is 12.5 Å². The average molecular weight is 222 g/mol. The van der Waals surface area contributed by atoms with E-state index < -0.39 is 11.9 Å². The first kappa shape index (κ1) is 11.8. The van der Waals surface area contributed by atoms with Crippen molar-refractivity contribution in [1.82, 2.24) is 4.90 Å². The van der Waals surface area contributed by atoms with Gasteiger partial charge in [0, 0.05) is 13.6 Å². The van der Waals surface area contributed by atoms with Crippen molar-refractivity contribution in [3.8, 4) is 6.07 Å². The van der Waals surface area contributed by atoms with Gasteiger partial charge in [-0.05, 0) is 12.1 Å². The van der Waals surface area contributed by atoms with Crippen LogP contribution in [0.2, 0.25) is 0 Å². The van der Waals surface area contributed by atoms with E-state index in [9.17, 15) is 9.59 Å². The number of rotatable bonds is 4. The van der Waals surface area contributed by atoms with Crippen LogP contribution in [0.3, 0.4) is 0 Å². The predicted octanol–water partition coefficient (Wildman–Crippen LogP) is 0.963. The first-order chi connectivity index (χ1) is 7.56. The fourth-order valence-corrected chi connectivity index (χ4v) is 1.08. The number of nitrogens with zero attached hydrogens (tertiary/aromatic N) is 2. The normalized spacial score (nSPS) is 9.50. The van der Waals surface area contributed by atoms with Gasteiger partial charge in [-0.25, -0.2) is 4.79 Å². The molecule has 0 aliphatic heterocycles. The number of amides is 1. The average Bonchev–Trinajstić information content (AvgIpc) is 2.74. The number of nitriles is 1. The Kier molecular flexibility index (Phi) is 3.67. The fourth-order valence-electron chi connectivity index (χ4n) is 1.08. The summed E-state index contributed by atoms with van der Waals surface area (Å²) in [5.74, 6) is -1.99. The molecule has 0 aromatic carbocycles. The van der Waals surface area contributed by atoms with Gasteiger partial charge in [-0.1, -0.05) is 0 Å². The Morgan fingerprint density at radius 2 is 2.12 bits per heavy atom. The zero-order chi connectivity index (χ0) is 12.1. The van der Waals surface area contributed by atoms with E-state index in [-0.39, 0.29) is 24.5 Å². The third-order valence-electron chi connectivity index (χ3n) is 1.93. The minimum atomic E-state index is -1.22. The van der Waals surface area contributed by atoms with Gasteiger partial charge in [0.15, 0.2) is 5.76 Å². The van der Waals surface area contributed by atoms with E-state index in [1.807, 2.05) is 6.07 Å². The molecule has 0 saturated heterocycles. The second kappa shape index (κ2) is 4.98. The van der Waals surface area contributed by atoms with E-state index in [0.29, 0.717) is 0 Å². The minimum Gasteiger partial charge on any atom is -0.475 e. The van der Waals surface area contributed by atoms with Crippen molar-refractivity contribution < 1.29 is 19.1 Å². The number of carbonyl (C=O) groups excluding carboxylic acids is 1. The van der Waals surface area contributed by atoms with Crippen molar-refractivity contribution in [1.29, 1.82) is 5.26 Å². The van der Waals surface area contributed by atoms with E-state index in [1.165, 1.54) is 24.1 Å². The maximum absolute atomic E-state index is 11.6. The molecule has 0 radical (unpaired) electrons. The molecule has 0 atom stereocenters. The molecule has 1 N–H and O–H groups in total. The highest BCUT2D eigenvalue weighted by Gasteiger charge is 2.17. The molecule has 6 nitrogen and oxygen atoms in total. The lowest BCUT2D eigenvalue weighted by molar-refractivity contribution is 0.0654. The lowest BCUT2D eigenvalue weighted by Gasteiger charge is -2.12. The number of hydrogen-bond acceptors (Lipinski definition) is 4. The van der Waals surface area contributed by atoms with E-state index in [2.05, 4.69) is 0 Å². The zero-order valence-corrected chi connectivity index (χ0v) is 8.64. The maximum atomic E-state index is 11.6. The molecule has 0 unspecified atom stereocenters. The molecule has 0 aliphatic rings. The van der Waals surface area contributed by atoms with Crippen molar-refractivity contribution in [3.63, 3.8) is 0 Å². The number of carboxylic acid groups (broad SMARTS) is 1. The summed E-state index contributed by atoms with van der Waals surface area (Å²) in [5, 5.41) is 17.0. The first-order valence-corrected chi connectivity index (χ1v) is 4.51. The lowest BCUT2D eigenvalue weighted by atomic mass is 10.3. The Morgan fingerprint density at radius 3 is 2.62 bits per heavy atom. The monoisotopic (exact) mass is 222 g/mol. The van der Waals surface area contributed by atoms with E-state index in [0.717, 1.165) is 0 Å². The smallest absolute Gasteiger partial charge is 0.371 e.